The number of aliphatic imine (C=N–C) groups is 1. The largest absolute Gasteiger partial charge is 0.379 e. The van der Waals surface area contributed by atoms with Crippen molar-refractivity contribution in [1.29, 1.82) is 0 Å². The van der Waals surface area contributed by atoms with E-state index in [4.69, 9.17) is 16.3 Å². The van der Waals surface area contributed by atoms with Crippen LogP contribution < -0.4 is 10.2 Å². The molecule has 0 radical (unpaired) electrons. The quantitative estimate of drug-likeness (QED) is 0.603. The first-order valence-corrected chi connectivity index (χ1v) is 9.10. The zero-order valence-electron chi connectivity index (χ0n) is 15.0. The van der Waals surface area contributed by atoms with Gasteiger partial charge in [0.15, 0.2) is 5.92 Å². The van der Waals surface area contributed by atoms with Gasteiger partial charge in [0, 0.05) is 30.4 Å². The number of hydrogen-bond acceptors (Lipinski definition) is 6. The molecule has 1 aromatic carbocycles. The van der Waals surface area contributed by atoms with Crippen LogP contribution in [-0.2, 0) is 14.3 Å². The fourth-order valence-corrected chi connectivity index (χ4v) is 3.19. The van der Waals surface area contributed by atoms with Crippen LogP contribution in [0.5, 0.6) is 0 Å². The molecule has 2 aliphatic heterocycles. The van der Waals surface area contributed by atoms with E-state index < -0.39 is 23.8 Å². The average Bonchev–Trinajstić information content (AvgIpc) is 2.64. The number of benzene rings is 1. The van der Waals surface area contributed by atoms with Crippen molar-refractivity contribution in [3.63, 3.8) is 0 Å². The highest BCUT2D eigenvalue weighted by Crippen LogP contribution is 2.23. The second kappa shape index (κ2) is 8.60. The summed E-state index contributed by atoms with van der Waals surface area (Å²) in [6, 6.07) is 5.48. The van der Waals surface area contributed by atoms with Crippen LogP contribution in [-0.4, -0.2) is 67.8 Å². The Bertz CT molecular complexity index is 759. The van der Waals surface area contributed by atoms with Crippen molar-refractivity contribution in [2.24, 2.45) is 10.9 Å². The highest BCUT2D eigenvalue weighted by Gasteiger charge is 2.42. The van der Waals surface area contributed by atoms with Gasteiger partial charge in [0.1, 0.15) is 0 Å². The number of hydrogen-bond donors (Lipinski definition) is 1. The van der Waals surface area contributed by atoms with E-state index in [2.05, 4.69) is 15.2 Å². The van der Waals surface area contributed by atoms with E-state index in [0.717, 1.165) is 24.5 Å². The third kappa shape index (κ3) is 4.52. The number of barbiturate groups is 1. The van der Waals surface area contributed by atoms with E-state index in [-0.39, 0.29) is 0 Å². The first kappa shape index (κ1) is 19.5. The molecule has 4 amide bonds. The molecule has 2 aliphatic rings. The number of anilines is 1. The Morgan fingerprint density at radius 1 is 1.22 bits per heavy atom. The van der Waals surface area contributed by atoms with Gasteiger partial charge in [0.25, 0.3) is 5.91 Å². The average molecular weight is 393 g/mol. The van der Waals surface area contributed by atoms with Gasteiger partial charge in [-0.2, -0.15) is 0 Å². The maximum Gasteiger partial charge on any atom is 0.335 e. The van der Waals surface area contributed by atoms with Crippen molar-refractivity contribution in [3.8, 4) is 0 Å². The molecular weight excluding hydrogens is 372 g/mol. The number of ether oxygens (including phenoxy) is 1. The van der Waals surface area contributed by atoms with E-state index in [1.54, 1.807) is 31.2 Å². The summed E-state index contributed by atoms with van der Waals surface area (Å²) in [6.45, 7) is 5.92. The first-order valence-electron chi connectivity index (χ1n) is 8.73. The zero-order valence-corrected chi connectivity index (χ0v) is 15.7. The predicted molar refractivity (Wildman–Crippen MR) is 101 cm³/mol. The fraction of sp³-hybridized carbons (Fsp3) is 0.444. The van der Waals surface area contributed by atoms with Crippen LogP contribution in [0.3, 0.4) is 0 Å². The lowest BCUT2D eigenvalue weighted by molar-refractivity contribution is -0.131. The first-order chi connectivity index (χ1) is 13.0. The number of nitrogens with one attached hydrogen (secondary N) is 1. The molecule has 1 aromatic rings. The van der Waals surface area contributed by atoms with Gasteiger partial charge in [-0.15, -0.1) is 0 Å². The number of morpholine rings is 1. The second-order valence-corrected chi connectivity index (χ2v) is 6.79. The molecule has 2 saturated heterocycles. The lowest BCUT2D eigenvalue weighted by Crippen LogP contribution is -2.60. The number of carbonyl (C=O) groups is 3. The van der Waals surface area contributed by atoms with Gasteiger partial charge < -0.3 is 4.74 Å². The van der Waals surface area contributed by atoms with E-state index in [9.17, 15) is 14.4 Å². The summed E-state index contributed by atoms with van der Waals surface area (Å²) in [7, 11) is 0. The van der Waals surface area contributed by atoms with Gasteiger partial charge in [-0.05, 0) is 31.2 Å². The Labute approximate surface area is 162 Å². The van der Waals surface area contributed by atoms with Crippen molar-refractivity contribution >= 4 is 40.8 Å². The molecule has 3 rings (SSSR count). The van der Waals surface area contributed by atoms with Gasteiger partial charge in [-0.3, -0.25) is 24.8 Å². The third-order valence-corrected chi connectivity index (χ3v) is 4.80. The predicted octanol–water partition coefficient (Wildman–Crippen LogP) is 1.33. The van der Waals surface area contributed by atoms with Crippen LogP contribution in [0.4, 0.5) is 10.5 Å². The lowest BCUT2D eigenvalue weighted by Gasteiger charge is -2.30. The number of urea groups is 1. The molecule has 0 aliphatic carbocycles. The summed E-state index contributed by atoms with van der Waals surface area (Å²) in [5, 5.41) is 2.71. The number of nitrogens with zero attached hydrogens (tertiary/aromatic N) is 3. The van der Waals surface area contributed by atoms with E-state index >= 15 is 0 Å². The Balaban J connectivity index is 1.71. The zero-order chi connectivity index (χ0) is 19.4. The fourth-order valence-electron chi connectivity index (χ4n) is 3.06. The summed E-state index contributed by atoms with van der Waals surface area (Å²) >= 11 is 5.86. The number of rotatable bonds is 5. The maximum atomic E-state index is 12.8. The van der Waals surface area contributed by atoms with Gasteiger partial charge in [-0.25, -0.2) is 9.69 Å². The molecule has 27 heavy (non-hydrogen) atoms. The number of carbonyl (C=O) groups excluding carboxylic acids is 3. The summed E-state index contributed by atoms with van der Waals surface area (Å²) in [6.07, 6.45) is 0. The van der Waals surface area contributed by atoms with Crippen molar-refractivity contribution in [2.45, 2.75) is 6.92 Å². The molecule has 2 heterocycles. The Morgan fingerprint density at radius 3 is 2.56 bits per heavy atom. The smallest absolute Gasteiger partial charge is 0.335 e. The molecule has 0 saturated carbocycles. The van der Waals surface area contributed by atoms with Crippen LogP contribution in [0, 0.1) is 5.92 Å². The molecule has 0 bridgehead atoms. The van der Waals surface area contributed by atoms with Crippen molar-refractivity contribution in [3.05, 3.63) is 29.3 Å². The van der Waals surface area contributed by atoms with Gasteiger partial charge in [-0.1, -0.05) is 11.6 Å². The Hall–Kier alpha value is -2.29. The monoisotopic (exact) mass is 392 g/mol. The number of halogens is 1. The number of imide groups is 2. The van der Waals surface area contributed by atoms with Crippen LogP contribution in [0.25, 0.3) is 0 Å². The Morgan fingerprint density at radius 2 is 1.89 bits per heavy atom. The molecule has 1 unspecified atom stereocenters. The number of amides is 4. The normalized spacial score (nSPS) is 22.1. The molecule has 9 heteroatoms. The summed E-state index contributed by atoms with van der Waals surface area (Å²) in [5.41, 5.74) is 0.734. The van der Waals surface area contributed by atoms with Crippen LogP contribution in [0.15, 0.2) is 29.3 Å². The standard InChI is InChI=1S/C18H21ClN4O4/c1-12(20-6-7-22-8-10-27-11-9-22)15-16(24)21-18(26)23(17(15)25)14-4-2-13(19)3-5-14/h2-5,15H,6-11H2,1H3,(H,21,24,26). The SMILES string of the molecule is CC(=NCCN1CCOCC1)C1C(=O)NC(=O)N(c2ccc(Cl)cc2)C1=O. The molecule has 0 aromatic heterocycles. The highest BCUT2D eigenvalue weighted by molar-refractivity contribution is 6.35. The summed E-state index contributed by atoms with van der Waals surface area (Å²) in [4.78, 5) is 44.8. The van der Waals surface area contributed by atoms with Crippen molar-refractivity contribution < 1.29 is 19.1 Å². The molecule has 2 fully saturated rings. The topological polar surface area (TPSA) is 91.3 Å². The maximum absolute atomic E-state index is 12.8. The molecule has 1 N–H and O–H groups in total. The van der Waals surface area contributed by atoms with Crippen LogP contribution in [0.1, 0.15) is 6.92 Å². The molecule has 144 valence electrons. The van der Waals surface area contributed by atoms with E-state index in [1.807, 2.05) is 0 Å². The molecule has 8 nitrogen and oxygen atoms in total. The minimum Gasteiger partial charge on any atom is -0.379 e. The van der Waals surface area contributed by atoms with Crippen LogP contribution >= 0.6 is 11.6 Å². The lowest BCUT2D eigenvalue weighted by atomic mass is 9.99. The highest BCUT2D eigenvalue weighted by atomic mass is 35.5. The van der Waals surface area contributed by atoms with Crippen LogP contribution in [0.2, 0.25) is 5.02 Å². The molecule has 0 spiro atoms. The van der Waals surface area contributed by atoms with Gasteiger partial charge in [0.2, 0.25) is 5.91 Å². The van der Waals surface area contributed by atoms with Crippen molar-refractivity contribution in [2.75, 3.05) is 44.3 Å². The van der Waals surface area contributed by atoms with E-state index in [1.165, 1.54) is 0 Å². The minimum absolute atomic E-state index is 0.348. The second-order valence-electron chi connectivity index (χ2n) is 6.35. The Kier molecular flexibility index (Phi) is 6.20. The summed E-state index contributed by atoms with van der Waals surface area (Å²) in [5.74, 6) is -2.38. The van der Waals surface area contributed by atoms with Crippen molar-refractivity contribution in [1.82, 2.24) is 10.2 Å². The molecule has 1 atom stereocenters. The van der Waals surface area contributed by atoms with Gasteiger partial charge in [0.05, 0.1) is 25.4 Å². The molecular formula is C18H21ClN4O4. The van der Waals surface area contributed by atoms with Gasteiger partial charge >= 0.3 is 6.03 Å². The van der Waals surface area contributed by atoms with E-state index in [0.29, 0.717) is 36.2 Å². The summed E-state index contributed by atoms with van der Waals surface area (Å²) < 4.78 is 5.30. The third-order valence-electron chi connectivity index (χ3n) is 4.55. The minimum atomic E-state index is -1.12.